The van der Waals surface area contributed by atoms with Crippen molar-refractivity contribution in [1.82, 2.24) is 4.72 Å². The smallest absolute Gasteiger partial charge is 0.242 e. The highest BCUT2D eigenvalue weighted by Gasteiger charge is 2.20. The van der Waals surface area contributed by atoms with Gasteiger partial charge in [-0.15, -0.1) is 11.3 Å². The van der Waals surface area contributed by atoms with Crippen molar-refractivity contribution in [2.75, 3.05) is 0 Å². The molecule has 8 heteroatoms. The minimum absolute atomic E-state index is 0.156. The first kappa shape index (κ1) is 16.1. The Morgan fingerprint density at radius 2 is 1.85 bits per heavy atom. The van der Waals surface area contributed by atoms with Crippen molar-refractivity contribution in [3.05, 3.63) is 49.0 Å². The molecule has 0 bridgehead atoms. The van der Waals surface area contributed by atoms with Crippen LogP contribution in [0.5, 0.6) is 0 Å². The van der Waals surface area contributed by atoms with Crippen LogP contribution in [0.3, 0.4) is 0 Å². The maximum absolute atomic E-state index is 12.2. The van der Waals surface area contributed by atoms with Gasteiger partial charge in [0, 0.05) is 15.9 Å². The van der Waals surface area contributed by atoms with E-state index in [1.54, 1.807) is 0 Å². The Hall–Kier alpha value is -0.250. The average molecular weight is 441 g/mol. The van der Waals surface area contributed by atoms with E-state index in [1.165, 1.54) is 17.4 Å². The summed E-state index contributed by atoms with van der Waals surface area (Å²) >= 11 is 7.74. The number of aliphatic hydroxyl groups is 1. The van der Waals surface area contributed by atoms with E-state index in [2.05, 4.69) is 36.6 Å². The van der Waals surface area contributed by atoms with Crippen molar-refractivity contribution in [3.8, 4) is 0 Å². The molecule has 108 valence electrons. The highest BCUT2D eigenvalue weighted by atomic mass is 79.9. The van der Waals surface area contributed by atoms with Crippen LogP contribution < -0.4 is 4.72 Å². The lowest BCUT2D eigenvalue weighted by Gasteiger charge is -2.06. The number of nitrogens with one attached hydrogen (secondary N) is 1. The molecule has 1 aromatic carbocycles. The molecule has 0 fully saturated rings. The van der Waals surface area contributed by atoms with Crippen LogP contribution in [0.4, 0.5) is 0 Å². The van der Waals surface area contributed by atoms with E-state index in [0.717, 1.165) is 10.0 Å². The van der Waals surface area contributed by atoms with Gasteiger partial charge in [0.15, 0.2) is 0 Å². The van der Waals surface area contributed by atoms with E-state index < -0.39 is 10.0 Å². The molecule has 0 aliphatic rings. The molecule has 0 aliphatic carbocycles. The van der Waals surface area contributed by atoms with Gasteiger partial charge < -0.3 is 5.11 Å². The second-order valence-electron chi connectivity index (χ2n) is 3.96. The van der Waals surface area contributed by atoms with Crippen LogP contribution >= 0.6 is 43.2 Å². The lowest BCUT2D eigenvalue weighted by Crippen LogP contribution is -2.23. The quantitative estimate of drug-likeness (QED) is 0.749. The SMILES string of the molecule is O=S(=O)(NCc1ccc(Br)cc1)c1cc(CO)sc1Br. The number of halogens is 2. The molecule has 0 amide bonds. The number of aliphatic hydroxyl groups excluding tert-OH is 1. The lowest BCUT2D eigenvalue weighted by atomic mass is 10.2. The molecule has 1 aromatic heterocycles. The van der Waals surface area contributed by atoms with E-state index in [4.69, 9.17) is 5.11 Å². The number of benzene rings is 1. The number of hydrogen-bond donors (Lipinski definition) is 2. The molecule has 2 aromatic rings. The number of rotatable bonds is 5. The van der Waals surface area contributed by atoms with Crippen molar-refractivity contribution < 1.29 is 13.5 Å². The second-order valence-corrected chi connectivity index (χ2v) is 9.07. The van der Waals surface area contributed by atoms with Crippen LogP contribution in [0.1, 0.15) is 10.4 Å². The van der Waals surface area contributed by atoms with Crippen LogP contribution in [0.2, 0.25) is 0 Å². The molecule has 4 nitrogen and oxygen atoms in total. The third-order valence-electron chi connectivity index (χ3n) is 2.53. The predicted octanol–water partition coefficient (Wildman–Crippen LogP) is 3.24. The van der Waals surface area contributed by atoms with Crippen molar-refractivity contribution in [1.29, 1.82) is 0 Å². The highest BCUT2D eigenvalue weighted by Crippen LogP contribution is 2.31. The van der Waals surface area contributed by atoms with Crippen molar-refractivity contribution in [3.63, 3.8) is 0 Å². The van der Waals surface area contributed by atoms with Gasteiger partial charge in [-0.05, 0) is 39.7 Å². The standard InChI is InChI=1S/C12H11Br2NO3S2/c13-9-3-1-8(2-4-9)6-15-20(17,18)11-5-10(7-16)19-12(11)14/h1-5,15-16H,6-7H2. The molecular formula is C12H11Br2NO3S2. The summed E-state index contributed by atoms with van der Waals surface area (Å²) in [6, 6.07) is 8.86. The van der Waals surface area contributed by atoms with Gasteiger partial charge in [0.1, 0.15) is 4.90 Å². The number of thiophene rings is 1. The molecule has 0 aliphatic heterocycles. The van der Waals surface area contributed by atoms with Gasteiger partial charge in [-0.3, -0.25) is 0 Å². The summed E-state index contributed by atoms with van der Waals surface area (Å²) in [5.74, 6) is 0. The molecule has 0 saturated carbocycles. The Labute approximate surface area is 138 Å². The Morgan fingerprint density at radius 3 is 2.40 bits per heavy atom. The van der Waals surface area contributed by atoms with Crippen molar-refractivity contribution >= 4 is 53.2 Å². The maximum atomic E-state index is 12.2. The summed E-state index contributed by atoms with van der Waals surface area (Å²) in [4.78, 5) is 0.754. The van der Waals surface area contributed by atoms with Gasteiger partial charge in [0.2, 0.25) is 10.0 Å². The first-order valence-corrected chi connectivity index (χ1v) is 9.44. The Bertz CT molecular complexity index is 696. The Balaban J connectivity index is 2.14. The second kappa shape index (κ2) is 6.67. The molecule has 20 heavy (non-hydrogen) atoms. The summed E-state index contributed by atoms with van der Waals surface area (Å²) in [6.45, 7) is 0.0395. The fourth-order valence-electron chi connectivity index (χ4n) is 1.52. The Kier molecular flexibility index (Phi) is 5.38. The fraction of sp³-hybridized carbons (Fsp3) is 0.167. The minimum Gasteiger partial charge on any atom is -0.391 e. The number of sulfonamides is 1. The van der Waals surface area contributed by atoms with Crippen LogP contribution in [0, 0.1) is 0 Å². The first-order valence-electron chi connectivity index (χ1n) is 5.55. The Morgan fingerprint density at radius 1 is 1.20 bits per heavy atom. The molecule has 2 rings (SSSR count). The highest BCUT2D eigenvalue weighted by molar-refractivity contribution is 9.11. The largest absolute Gasteiger partial charge is 0.391 e. The summed E-state index contributed by atoms with van der Waals surface area (Å²) in [6.07, 6.45) is 0. The number of hydrogen-bond acceptors (Lipinski definition) is 4. The molecule has 1 heterocycles. The minimum atomic E-state index is -3.60. The van der Waals surface area contributed by atoms with Crippen LogP contribution in [-0.4, -0.2) is 13.5 Å². The topological polar surface area (TPSA) is 66.4 Å². The first-order chi connectivity index (χ1) is 9.42. The molecule has 0 spiro atoms. The van der Waals surface area contributed by atoms with Crippen molar-refractivity contribution in [2.45, 2.75) is 18.0 Å². The predicted molar refractivity (Wildman–Crippen MR) is 86.1 cm³/mol. The summed E-state index contributed by atoms with van der Waals surface area (Å²) in [7, 11) is -3.60. The average Bonchev–Trinajstić information content (AvgIpc) is 2.80. The summed E-state index contributed by atoms with van der Waals surface area (Å²) in [5.41, 5.74) is 0.866. The van der Waals surface area contributed by atoms with Gasteiger partial charge in [0.25, 0.3) is 0 Å². The van der Waals surface area contributed by atoms with E-state index in [0.29, 0.717) is 8.66 Å². The fourth-order valence-corrected chi connectivity index (χ4v) is 5.34. The van der Waals surface area contributed by atoms with Gasteiger partial charge in [0.05, 0.1) is 10.4 Å². The van der Waals surface area contributed by atoms with E-state index >= 15 is 0 Å². The van der Waals surface area contributed by atoms with Crippen LogP contribution in [0.25, 0.3) is 0 Å². The lowest BCUT2D eigenvalue weighted by molar-refractivity contribution is 0.285. The summed E-state index contributed by atoms with van der Waals surface area (Å²) < 4.78 is 28.4. The zero-order chi connectivity index (χ0) is 14.8. The molecule has 0 unspecified atom stereocenters. The van der Waals surface area contributed by atoms with Crippen LogP contribution in [0.15, 0.2) is 43.5 Å². The van der Waals surface area contributed by atoms with Gasteiger partial charge in [-0.1, -0.05) is 28.1 Å². The molecule has 0 saturated heterocycles. The maximum Gasteiger partial charge on any atom is 0.242 e. The van der Waals surface area contributed by atoms with Gasteiger partial charge in [-0.25, -0.2) is 13.1 Å². The van der Waals surface area contributed by atoms with E-state index in [-0.39, 0.29) is 18.0 Å². The monoisotopic (exact) mass is 439 g/mol. The summed E-state index contributed by atoms with van der Waals surface area (Å²) in [5, 5.41) is 9.04. The van der Waals surface area contributed by atoms with Crippen molar-refractivity contribution in [2.24, 2.45) is 0 Å². The molecular weight excluding hydrogens is 430 g/mol. The van der Waals surface area contributed by atoms with Gasteiger partial charge in [-0.2, -0.15) is 0 Å². The van der Waals surface area contributed by atoms with Gasteiger partial charge >= 0.3 is 0 Å². The molecule has 2 N–H and O–H groups in total. The zero-order valence-electron chi connectivity index (χ0n) is 10.1. The van der Waals surface area contributed by atoms with E-state index in [1.807, 2.05) is 24.3 Å². The molecule has 0 radical (unpaired) electrons. The molecule has 0 atom stereocenters. The zero-order valence-corrected chi connectivity index (χ0v) is 14.9. The van der Waals surface area contributed by atoms with Crippen LogP contribution in [-0.2, 0) is 23.2 Å². The third-order valence-corrected chi connectivity index (χ3v) is 6.70. The third kappa shape index (κ3) is 3.90. The van der Waals surface area contributed by atoms with E-state index in [9.17, 15) is 8.42 Å². The normalized spacial score (nSPS) is 11.8.